The van der Waals surface area contributed by atoms with E-state index in [-0.39, 0.29) is 0 Å². The summed E-state index contributed by atoms with van der Waals surface area (Å²) in [6, 6.07) is 0. The Morgan fingerprint density at radius 2 is 0.633 bits per heavy atom. The van der Waals surface area contributed by atoms with E-state index in [2.05, 4.69) is 13.8 Å². The van der Waals surface area contributed by atoms with Crippen molar-refractivity contribution >= 4 is 0 Å². The SMILES string of the molecule is CCCCCCCCCCCCCCCCCCC[N+]1(CCCCCC)CCCC1. The molecule has 180 valence electrons. The molecule has 0 amide bonds. The summed E-state index contributed by atoms with van der Waals surface area (Å²) in [5.41, 5.74) is 0. The summed E-state index contributed by atoms with van der Waals surface area (Å²) in [4.78, 5) is 0. The molecule has 1 rings (SSSR count). The van der Waals surface area contributed by atoms with Crippen molar-refractivity contribution in [2.45, 2.75) is 162 Å². The van der Waals surface area contributed by atoms with Crippen molar-refractivity contribution in [3.8, 4) is 0 Å². The average molecular weight is 423 g/mol. The maximum Gasteiger partial charge on any atom is 0.0788 e. The number of likely N-dealkylation sites (tertiary alicyclic amines) is 1. The van der Waals surface area contributed by atoms with Gasteiger partial charge in [-0.05, 0) is 25.7 Å². The Morgan fingerprint density at radius 3 is 0.967 bits per heavy atom. The van der Waals surface area contributed by atoms with E-state index in [1.807, 2.05) is 0 Å². The van der Waals surface area contributed by atoms with Crippen LogP contribution in [0.3, 0.4) is 0 Å². The zero-order valence-corrected chi connectivity index (χ0v) is 21.5. The molecule has 0 N–H and O–H groups in total. The maximum atomic E-state index is 2.33. The highest BCUT2D eigenvalue weighted by atomic mass is 15.4. The van der Waals surface area contributed by atoms with Gasteiger partial charge in [0.15, 0.2) is 0 Å². The van der Waals surface area contributed by atoms with Crippen molar-refractivity contribution in [3.63, 3.8) is 0 Å². The Labute approximate surface area is 192 Å². The van der Waals surface area contributed by atoms with Crippen LogP contribution in [0, 0.1) is 0 Å². The minimum atomic E-state index is 1.37. The standard InChI is InChI=1S/C29H60N/c1-3-5-7-9-10-11-12-13-14-15-16-17-18-19-20-21-23-27-30(28-24-25-29-30)26-22-8-6-4-2/h3-29H2,1-2H3/q+1. The highest BCUT2D eigenvalue weighted by Crippen LogP contribution is 2.23. The molecule has 1 heterocycles. The molecule has 1 heteroatoms. The molecule has 0 aromatic rings. The lowest BCUT2D eigenvalue weighted by Gasteiger charge is -2.34. The van der Waals surface area contributed by atoms with E-state index in [0.717, 1.165) is 0 Å². The molecule has 30 heavy (non-hydrogen) atoms. The number of hydrogen-bond acceptors (Lipinski definition) is 0. The van der Waals surface area contributed by atoms with Crippen LogP contribution in [0.4, 0.5) is 0 Å². The van der Waals surface area contributed by atoms with E-state index in [9.17, 15) is 0 Å². The van der Waals surface area contributed by atoms with Crippen molar-refractivity contribution in [2.75, 3.05) is 26.2 Å². The van der Waals surface area contributed by atoms with Gasteiger partial charge < -0.3 is 4.48 Å². The number of hydrogen-bond donors (Lipinski definition) is 0. The van der Waals surface area contributed by atoms with Gasteiger partial charge in [0.25, 0.3) is 0 Å². The molecule has 0 aromatic heterocycles. The van der Waals surface area contributed by atoms with Gasteiger partial charge in [0.2, 0.25) is 0 Å². The van der Waals surface area contributed by atoms with E-state index < -0.39 is 0 Å². The second-order valence-corrected chi connectivity index (χ2v) is 10.7. The first kappa shape index (κ1) is 28.0. The molecule has 0 unspecified atom stereocenters. The second kappa shape index (κ2) is 20.8. The third-order valence-corrected chi connectivity index (χ3v) is 7.74. The summed E-state index contributed by atoms with van der Waals surface area (Å²) in [5, 5.41) is 0. The fourth-order valence-electron chi connectivity index (χ4n) is 5.61. The monoisotopic (exact) mass is 422 g/mol. The van der Waals surface area contributed by atoms with Crippen LogP contribution in [0.15, 0.2) is 0 Å². The van der Waals surface area contributed by atoms with E-state index in [1.54, 1.807) is 0 Å². The summed E-state index contributed by atoms with van der Waals surface area (Å²) in [6.45, 7) is 10.6. The molecular formula is C29H60N+. The molecule has 1 aliphatic heterocycles. The molecule has 1 saturated heterocycles. The first-order valence-electron chi connectivity index (χ1n) is 14.7. The molecule has 1 nitrogen and oxygen atoms in total. The summed E-state index contributed by atoms with van der Waals surface area (Å²) >= 11 is 0. The van der Waals surface area contributed by atoms with Crippen molar-refractivity contribution in [1.82, 2.24) is 0 Å². The fourth-order valence-corrected chi connectivity index (χ4v) is 5.61. The van der Waals surface area contributed by atoms with Gasteiger partial charge >= 0.3 is 0 Å². The number of rotatable bonds is 23. The summed E-state index contributed by atoms with van der Waals surface area (Å²) in [5.74, 6) is 0. The molecule has 0 radical (unpaired) electrons. The van der Waals surface area contributed by atoms with Gasteiger partial charge in [-0.25, -0.2) is 0 Å². The first-order valence-corrected chi connectivity index (χ1v) is 14.7. The average Bonchev–Trinajstić information content (AvgIpc) is 3.22. The van der Waals surface area contributed by atoms with Crippen molar-refractivity contribution < 1.29 is 4.48 Å². The lowest BCUT2D eigenvalue weighted by atomic mass is 10.0. The second-order valence-electron chi connectivity index (χ2n) is 10.7. The van der Waals surface area contributed by atoms with Crippen molar-refractivity contribution in [3.05, 3.63) is 0 Å². The van der Waals surface area contributed by atoms with Crippen molar-refractivity contribution in [2.24, 2.45) is 0 Å². The van der Waals surface area contributed by atoms with Crippen LogP contribution >= 0.6 is 0 Å². The highest BCUT2D eigenvalue weighted by Gasteiger charge is 2.30. The number of unbranched alkanes of at least 4 members (excludes halogenated alkanes) is 19. The molecular weight excluding hydrogens is 362 g/mol. The molecule has 0 aliphatic carbocycles. The normalized spacial score (nSPS) is 15.8. The van der Waals surface area contributed by atoms with Gasteiger partial charge in [-0.2, -0.15) is 0 Å². The quantitative estimate of drug-likeness (QED) is 0.113. The molecule has 0 spiro atoms. The third kappa shape index (κ3) is 15.7. The van der Waals surface area contributed by atoms with Crippen LogP contribution in [0.2, 0.25) is 0 Å². The molecule has 1 fully saturated rings. The molecule has 1 aliphatic rings. The van der Waals surface area contributed by atoms with Gasteiger partial charge in [0, 0.05) is 12.8 Å². The van der Waals surface area contributed by atoms with E-state index >= 15 is 0 Å². The van der Waals surface area contributed by atoms with Gasteiger partial charge in [-0.3, -0.25) is 0 Å². The topological polar surface area (TPSA) is 0 Å². The fraction of sp³-hybridized carbons (Fsp3) is 1.00. The van der Waals surface area contributed by atoms with Gasteiger partial charge in [0.1, 0.15) is 0 Å². The van der Waals surface area contributed by atoms with Crippen LogP contribution < -0.4 is 0 Å². The van der Waals surface area contributed by atoms with Crippen LogP contribution in [-0.4, -0.2) is 30.7 Å². The third-order valence-electron chi connectivity index (χ3n) is 7.74. The molecule has 0 atom stereocenters. The lowest BCUT2D eigenvalue weighted by Crippen LogP contribution is -2.46. The summed E-state index contributed by atoms with van der Waals surface area (Å²) in [6.07, 6.45) is 33.9. The Hall–Kier alpha value is -0.0400. The minimum Gasteiger partial charge on any atom is -0.324 e. The Morgan fingerprint density at radius 1 is 0.367 bits per heavy atom. The lowest BCUT2D eigenvalue weighted by molar-refractivity contribution is -0.917. The van der Waals surface area contributed by atoms with E-state index in [1.165, 1.54) is 178 Å². The van der Waals surface area contributed by atoms with Gasteiger partial charge in [-0.15, -0.1) is 0 Å². The zero-order valence-electron chi connectivity index (χ0n) is 21.5. The first-order chi connectivity index (χ1) is 14.8. The van der Waals surface area contributed by atoms with E-state index in [0.29, 0.717) is 0 Å². The maximum absolute atomic E-state index is 2.33. The molecule has 0 saturated carbocycles. The number of nitrogens with zero attached hydrogens (tertiary/aromatic N) is 1. The largest absolute Gasteiger partial charge is 0.324 e. The minimum absolute atomic E-state index is 1.37. The number of quaternary nitrogens is 1. The van der Waals surface area contributed by atoms with Gasteiger partial charge in [-0.1, -0.05) is 123 Å². The zero-order chi connectivity index (χ0) is 21.6. The molecule has 0 aromatic carbocycles. The van der Waals surface area contributed by atoms with Crippen LogP contribution in [0.25, 0.3) is 0 Å². The van der Waals surface area contributed by atoms with Crippen LogP contribution in [0.1, 0.15) is 162 Å². The smallest absolute Gasteiger partial charge is 0.0788 e. The van der Waals surface area contributed by atoms with Gasteiger partial charge in [0.05, 0.1) is 26.2 Å². The highest BCUT2D eigenvalue weighted by molar-refractivity contribution is 4.57. The summed E-state index contributed by atoms with van der Waals surface area (Å²) in [7, 11) is 0. The Balaban J connectivity index is 1.82. The predicted octanol–water partition coefficient (Wildman–Crippen LogP) is 9.83. The van der Waals surface area contributed by atoms with Crippen molar-refractivity contribution in [1.29, 1.82) is 0 Å². The van der Waals surface area contributed by atoms with E-state index in [4.69, 9.17) is 0 Å². The Kier molecular flexibility index (Phi) is 19.4. The Bertz CT molecular complexity index is 331. The van der Waals surface area contributed by atoms with Crippen LogP contribution in [-0.2, 0) is 0 Å². The molecule has 0 bridgehead atoms. The summed E-state index contributed by atoms with van der Waals surface area (Å²) < 4.78 is 1.49. The predicted molar refractivity (Wildman–Crippen MR) is 137 cm³/mol. The van der Waals surface area contributed by atoms with Crippen LogP contribution in [0.5, 0.6) is 0 Å².